The predicted octanol–water partition coefficient (Wildman–Crippen LogP) is 1.29. The SMILES string of the molecule is CC(=O)OC[C@@H]1C[C@@H](OC(C)=O)[C@H](n2cc(C(Cl)=CI)c(=O)[nH]c2=O)O1. The Bertz CT molecular complexity index is 847. The van der Waals surface area contributed by atoms with E-state index in [0.717, 1.165) is 4.57 Å². The molecule has 9 nitrogen and oxygen atoms in total. The van der Waals surface area contributed by atoms with E-state index in [1.807, 2.05) is 22.6 Å². The van der Waals surface area contributed by atoms with Gasteiger partial charge >= 0.3 is 17.6 Å². The molecule has 0 aromatic carbocycles. The van der Waals surface area contributed by atoms with Gasteiger partial charge in [0.2, 0.25) is 0 Å². The highest BCUT2D eigenvalue weighted by Gasteiger charge is 2.40. The summed E-state index contributed by atoms with van der Waals surface area (Å²) in [6.07, 6.45) is -0.915. The molecule has 3 atom stereocenters. The van der Waals surface area contributed by atoms with Crippen LogP contribution in [0.4, 0.5) is 0 Å². The quantitative estimate of drug-likeness (QED) is 0.480. The van der Waals surface area contributed by atoms with E-state index in [0.29, 0.717) is 0 Å². The summed E-state index contributed by atoms with van der Waals surface area (Å²) in [7, 11) is 0. The van der Waals surface area contributed by atoms with Crippen LogP contribution < -0.4 is 11.2 Å². The first-order valence-electron chi connectivity index (χ1n) is 7.50. The molecule has 0 spiro atoms. The highest BCUT2D eigenvalue weighted by molar-refractivity contribution is 14.1. The maximum Gasteiger partial charge on any atom is 0.330 e. The van der Waals surface area contributed by atoms with Gasteiger partial charge in [-0.15, -0.1) is 0 Å². The summed E-state index contributed by atoms with van der Waals surface area (Å²) in [4.78, 5) is 48.7. The van der Waals surface area contributed by atoms with E-state index in [4.69, 9.17) is 25.8 Å². The average Bonchev–Trinajstić information content (AvgIpc) is 2.94. The van der Waals surface area contributed by atoms with E-state index in [-0.39, 0.29) is 23.6 Å². The standard InChI is InChI=1S/C15H16ClIN2O7/c1-7(20)24-6-9-3-12(25-8(2)21)14(26-9)19-5-10(11(16)4-17)13(22)18-15(19)23/h4-5,9,12,14H,3,6H2,1-2H3,(H,18,22,23)/t9-,12+,14+/m0/s1. The number of H-pyrrole nitrogens is 1. The monoisotopic (exact) mass is 498 g/mol. The van der Waals surface area contributed by atoms with Gasteiger partial charge in [-0.1, -0.05) is 34.2 Å². The molecule has 1 aromatic heterocycles. The molecule has 142 valence electrons. The fraction of sp³-hybridized carbons (Fsp3) is 0.467. The normalized spacial score (nSPS) is 22.9. The van der Waals surface area contributed by atoms with Crippen LogP contribution in [0.25, 0.3) is 5.03 Å². The molecule has 2 heterocycles. The zero-order chi connectivity index (χ0) is 19.4. The van der Waals surface area contributed by atoms with Crippen LogP contribution in [0.3, 0.4) is 0 Å². The molecule has 1 N–H and O–H groups in total. The van der Waals surface area contributed by atoms with Gasteiger partial charge in [-0.25, -0.2) is 4.79 Å². The van der Waals surface area contributed by atoms with Crippen molar-refractivity contribution in [1.82, 2.24) is 9.55 Å². The summed E-state index contributed by atoms with van der Waals surface area (Å²) in [5.74, 6) is -1.04. The lowest BCUT2D eigenvalue weighted by Crippen LogP contribution is -2.37. The van der Waals surface area contributed by atoms with Crippen LogP contribution in [-0.4, -0.2) is 40.3 Å². The summed E-state index contributed by atoms with van der Waals surface area (Å²) >= 11 is 7.85. The van der Waals surface area contributed by atoms with Gasteiger partial charge in [0.15, 0.2) is 6.23 Å². The van der Waals surface area contributed by atoms with Crippen LogP contribution >= 0.6 is 34.2 Å². The van der Waals surface area contributed by atoms with Crippen molar-refractivity contribution >= 4 is 51.2 Å². The second-order valence-corrected chi connectivity index (χ2v) is 6.53. The van der Waals surface area contributed by atoms with Gasteiger partial charge < -0.3 is 14.2 Å². The van der Waals surface area contributed by atoms with Crippen molar-refractivity contribution in [3.63, 3.8) is 0 Å². The van der Waals surface area contributed by atoms with Crippen molar-refractivity contribution in [2.75, 3.05) is 6.61 Å². The lowest BCUT2D eigenvalue weighted by atomic mass is 10.2. The fourth-order valence-corrected chi connectivity index (χ4v) is 2.97. The topological polar surface area (TPSA) is 117 Å². The summed E-state index contributed by atoms with van der Waals surface area (Å²) in [5.41, 5.74) is -1.33. The molecule has 26 heavy (non-hydrogen) atoms. The fourth-order valence-electron chi connectivity index (χ4n) is 2.50. The smallest absolute Gasteiger partial charge is 0.330 e. The molecule has 1 aliphatic heterocycles. The van der Waals surface area contributed by atoms with E-state index in [2.05, 4.69) is 4.98 Å². The third-order valence-corrected chi connectivity index (χ3v) is 4.83. The molecule has 0 saturated carbocycles. The molecule has 2 rings (SSSR count). The Hall–Kier alpha value is -1.66. The summed E-state index contributed by atoms with van der Waals surface area (Å²) in [6, 6.07) is 0. The number of nitrogens with one attached hydrogen (secondary N) is 1. The number of hydrogen-bond donors (Lipinski definition) is 1. The number of halogens is 2. The Balaban J connectivity index is 2.39. The number of hydrogen-bond acceptors (Lipinski definition) is 7. The van der Waals surface area contributed by atoms with Crippen molar-refractivity contribution in [2.24, 2.45) is 0 Å². The Morgan fingerprint density at radius 2 is 2.12 bits per heavy atom. The molecule has 1 aliphatic rings. The third-order valence-electron chi connectivity index (χ3n) is 3.53. The minimum absolute atomic E-state index is 0.0526. The largest absolute Gasteiger partial charge is 0.463 e. The average molecular weight is 499 g/mol. The number of ether oxygens (including phenoxy) is 3. The van der Waals surface area contributed by atoms with E-state index < -0.39 is 41.6 Å². The molecule has 0 unspecified atom stereocenters. The number of carbonyl (C=O) groups excluding carboxylic acids is 2. The van der Waals surface area contributed by atoms with Crippen LogP contribution in [0, 0.1) is 0 Å². The van der Waals surface area contributed by atoms with E-state index >= 15 is 0 Å². The van der Waals surface area contributed by atoms with Crippen molar-refractivity contribution in [3.8, 4) is 0 Å². The molecule has 0 radical (unpaired) electrons. The molecule has 1 fully saturated rings. The van der Waals surface area contributed by atoms with E-state index in [1.54, 1.807) is 0 Å². The number of nitrogens with zero attached hydrogens (tertiary/aromatic N) is 1. The summed E-state index contributed by atoms with van der Waals surface area (Å²) < 4.78 is 18.4. The van der Waals surface area contributed by atoms with E-state index in [1.165, 1.54) is 24.1 Å². The molecule has 0 bridgehead atoms. The van der Waals surface area contributed by atoms with Gasteiger partial charge in [0, 0.05) is 26.5 Å². The second kappa shape index (κ2) is 8.82. The first-order chi connectivity index (χ1) is 12.2. The number of aromatic nitrogens is 2. The van der Waals surface area contributed by atoms with Gasteiger partial charge in [0.1, 0.15) is 12.7 Å². The van der Waals surface area contributed by atoms with Gasteiger partial charge in [-0.05, 0) is 4.08 Å². The van der Waals surface area contributed by atoms with Gasteiger partial charge in [-0.2, -0.15) is 0 Å². The molecule has 0 aliphatic carbocycles. The molecular formula is C15H16ClIN2O7. The highest BCUT2D eigenvalue weighted by Crippen LogP contribution is 2.31. The Morgan fingerprint density at radius 1 is 1.42 bits per heavy atom. The van der Waals surface area contributed by atoms with Crippen molar-refractivity contribution in [3.05, 3.63) is 36.7 Å². The zero-order valence-electron chi connectivity index (χ0n) is 13.9. The predicted molar refractivity (Wildman–Crippen MR) is 99.9 cm³/mol. The molecule has 1 saturated heterocycles. The molecule has 11 heteroatoms. The van der Waals surface area contributed by atoms with Gasteiger partial charge in [-0.3, -0.25) is 23.9 Å². The lowest BCUT2D eigenvalue weighted by molar-refractivity contribution is -0.153. The number of carbonyl (C=O) groups is 2. The summed E-state index contributed by atoms with van der Waals surface area (Å²) in [5, 5.41) is 0.138. The Kier molecular flexibility index (Phi) is 7.01. The highest BCUT2D eigenvalue weighted by atomic mass is 127. The molecular weight excluding hydrogens is 483 g/mol. The Morgan fingerprint density at radius 3 is 2.69 bits per heavy atom. The minimum atomic E-state index is -0.999. The minimum Gasteiger partial charge on any atom is -0.463 e. The first-order valence-corrected chi connectivity index (χ1v) is 9.13. The van der Waals surface area contributed by atoms with Crippen LogP contribution in [0.1, 0.15) is 32.1 Å². The lowest BCUT2D eigenvalue weighted by Gasteiger charge is -2.20. The van der Waals surface area contributed by atoms with Crippen molar-refractivity contribution < 1.29 is 23.8 Å². The maximum absolute atomic E-state index is 12.2. The number of esters is 2. The van der Waals surface area contributed by atoms with Crippen LogP contribution in [0.15, 0.2) is 19.9 Å². The van der Waals surface area contributed by atoms with Crippen LogP contribution in [0.2, 0.25) is 0 Å². The van der Waals surface area contributed by atoms with E-state index in [9.17, 15) is 19.2 Å². The zero-order valence-corrected chi connectivity index (χ0v) is 16.8. The second-order valence-electron chi connectivity index (χ2n) is 5.50. The van der Waals surface area contributed by atoms with Crippen molar-refractivity contribution in [2.45, 2.75) is 38.7 Å². The number of aromatic amines is 1. The molecule has 1 aromatic rings. The van der Waals surface area contributed by atoms with Gasteiger partial charge in [0.25, 0.3) is 5.56 Å². The third kappa shape index (κ3) is 4.95. The van der Waals surface area contributed by atoms with Crippen LogP contribution in [-0.2, 0) is 23.8 Å². The van der Waals surface area contributed by atoms with Crippen molar-refractivity contribution in [1.29, 1.82) is 0 Å². The van der Waals surface area contributed by atoms with Gasteiger partial charge in [0.05, 0.1) is 16.7 Å². The maximum atomic E-state index is 12.2. The number of rotatable bonds is 5. The Labute approximate surface area is 166 Å². The summed E-state index contributed by atoms with van der Waals surface area (Å²) in [6.45, 7) is 2.43. The van der Waals surface area contributed by atoms with Crippen LogP contribution in [0.5, 0.6) is 0 Å². The first kappa shape index (κ1) is 20.6. The molecule has 0 amide bonds.